The van der Waals surface area contributed by atoms with Crippen molar-refractivity contribution in [3.8, 4) is 5.69 Å². The fourth-order valence-electron chi connectivity index (χ4n) is 1.78. The normalized spacial score (nSPS) is 12.6. The van der Waals surface area contributed by atoms with Crippen LogP contribution >= 0.6 is 0 Å². The van der Waals surface area contributed by atoms with Crippen molar-refractivity contribution in [1.82, 2.24) is 15.0 Å². The van der Waals surface area contributed by atoms with Gasteiger partial charge in [0.2, 0.25) is 0 Å². The van der Waals surface area contributed by atoms with E-state index in [1.165, 1.54) is 0 Å². The fourth-order valence-corrected chi connectivity index (χ4v) is 1.78. The van der Waals surface area contributed by atoms with E-state index in [4.69, 9.17) is 10.5 Å². The molecular weight excluding hydrogens is 247 g/mol. The van der Waals surface area contributed by atoms with E-state index in [2.05, 4.69) is 10.3 Å². The Labute approximate surface area is 111 Å². The maximum atomic E-state index is 12.3. The first-order valence-corrected chi connectivity index (χ1v) is 6.04. The van der Waals surface area contributed by atoms with E-state index < -0.39 is 12.7 Å². The number of halogens is 1. The van der Waals surface area contributed by atoms with Crippen molar-refractivity contribution >= 4 is 0 Å². The van der Waals surface area contributed by atoms with Gasteiger partial charge in [-0.15, -0.1) is 5.10 Å². The van der Waals surface area contributed by atoms with E-state index in [1.807, 2.05) is 30.5 Å². The third kappa shape index (κ3) is 3.59. The molecule has 0 unspecified atom stereocenters. The van der Waals surface area contributed by atoms with Crippen molar-refractivity contribution in [2.24, 2.45) is 5.73 Å². The molecule has 2 rings (SSSR count). The molecule has 1 aromatic carbocycles. The van der Waals surface area contributed by atoms with Gasteiger partial charge < -0.3 is 10.5 Å². The quantitative estimate of drug-likeness (QED) is 0.852. The highest BCUT2D eigenvalue weighted by atomic mass is 19.1. The SMILES string of the molecule is COCc1cn(-c2ccc(C[C@H](N)CF)cc2)nn1. The molecule has 0 aliphatic rings. The van der Waals surface area contributed by atoms with E-state index >= 15 is 0 Å². The van der Waals surface area contributed by atoms with Gasteiger partial charge >= 0.3 is 0 Å². The number of aromatic nitrogens is 3. The van der Waals surface area contributed by atoms with Gasteiger partial charge in [-0.05, 0) is 24.1 Å². The standard InChI is InChI=1S/C13H17FN4O/c1-19-9-12-8-18(17-16-12)13-4-2-10(3-5-13)6-11(15)7-14/h2-5,8,11H,6-7,9,15H2,1H3/t11-/m0/s1. The Morgan fingerprint density at radius 3 is 2.74 bits per heavy atom. The van der Waals surface area contributed by atoms with Gasteiger partial charge in [0, 0.05) is 13.2 Å². The molecule has 1 aromatic heterocycles. The molecule has 0 saturated heterocycles. The van der Waals surface area contributed by atoms with Crippen molar-refractivity contribution < 1.29 is 9.13 Å². The number of alkyl halides is 1. The van der Waals surface area contributed by atoms with Gasteiger partial charge in [0.1, 0.15) is 12.4 Å². The van der Waals surface area contributed by atoms with Crippen LogP contribution in [0.25, 0.3) is 5.69 Å². The topological polar surface area (TPSA) is 66.0 Å². The summed E-state index contributed by atoms with van der Waals surface area (Å²) in [4.78, 5) is 0. The van der Waals surface area contributed by atoms with Crippen molar-refractivity contribution in [1.29, 1.82) is 0 Å². The van der Waals surface area contributed by atoms with Crippen LogP contribution in [0, 0.1) is 0 Å². The maximum absolute atomic E-state index is 12.3. The van der Waals surface area contributed by atoms with Gasteiger partial charge in [-0.1, -0.05) is 17.3 Å². The summed E-state index contributed by atoms with van der Waals surface area (Å²) in [6, 6.07) is 7.22. The van der Waals surface area contributed by atoms with E-state index in [0.29, 0.717) is 13.0 Å². The molecule has 2 N–H and O–H groups in total. The lowest BCUT2D eigenvalue weighted by atomic mass is 10.1. The zero-order valence-electron chi connectivity index (χ0n) is 10.8. The molecule has 0 aliphatic heterocycles. The van der Waals surface area contributed by atoms with E-state index in [9.17, 15) is 4.39 Å². The summed E-state index contributed by atoms with van der Waals surface area (Å²) in [5, 5.41) is 8.00. The maximum Gasteiger partial charge on any atom is 0.109 e. The van der Waals surface area contributed by atoms with Gasteiger partial charge in [0.15, 0.2) is 0 Å². The van der Waals surface area contributed by atoms with Gasteiger partial charge in [-0.3, -0.25) is 0 Å². The first kappa shape index (κ1) is 13.6. The molecule has 0 amide bonds. The predicted octanol–water partition coefficient (Wildman–Crippen LogP) is 1.25. The summed E-state index contributed by atoms with van der Waals surface area (Å²) < 4.78 is 19.0. The predicted molar refractivity (Wildman–Crippen MR) is 69.7 cm³/mol. The van der Waals surface area contributed by atoms with Crippen LogP contribution in [0.15, 0.2) is 30.5 Å². The molecule has 0 aliphatic carbocycles. The summed E-state index contributed by atoms with van der Waals surface area (Å²) in [5.41, 5.74) is 8.25. The largest absolute Gasteiger partial charge is 0.378 e. The lowest BCUT2D eigenvalue weighted by Gasteiger charge is -2.07. The fraction of sp³-hybridized carbons (Fsp3) is 0.385. The number of hydrogen-bond acceptors (Lipinski definition) is 4. The lowest BCUT2D eigenvalue weighted by molar-refractivity contribution is 0.181. The molecule has 0 fully saturated rings. The number of rotatable bonds is 6. The minimum atomic E-state index is -0.509. The lowest BCUT2D eigenvalue weighted by Crippen LogP contribution is -2.24. The number of hydrogen-bond donors (Lipinski definition) is 1. The van der Waals surface area contributed by atoms with Crippen LogP contribution in [0.4, 0.5) is 4.39 Å². The van der Waals surface area contributed by atoms with E-state index in [1.54, 1.807) is 11.8 Å². The highest BCUT2D eigenvalue weighted by molar-refractivity contribution is 5.34. The molecule has 1 atom stereocenters. The Balaban J connectivity index is 2.08. The molecule has 0 spiro atoms. The number of nitrogens with two attached hydrogens (primary N) is 1. The van der Waals surface area contributed by atoms with Crippen LogP contribution in [0.2, 0.25) is 0 Å². The van der Waals surface area contributed by atoms with Gasteiger partial charge in [-0.25, -0.2) is 9.07 Å². The number of benzene rings is 1. The van der Waals surface area contributed by atoms with Crippen LogP contribution in [0.3, 0.4) is 0 Å². The number of methoxy groups -OCH3 is 1. The van der Waals surface area contributed by atoms with Crippen LogP contribution in [-0.4, -0.2) is 34.8 Å². The number of nitrogens with zero attached hydrogens (tertiary/aromatic N) is 3. The zero-order chi connectivity index (χ0) is 13.7. The average molecular weight is 264 g/mol. The van der Waals surface area contributed by atoms with Crippen LogP contribution in [-0.2, 0) is 17.8 Å². The second kappa shape index (κ2) is 6.40. The molecule has 102 valence electrons. The summed E-state index contributed by atoms with van der Waals surface area (Å²) in [6.45, 7) is -0.0748. The van der Waals surface area contributed by atoms with E-state index in [0.717, 1.165) is 16.9 Å². The van der Waals surface area contributed by atoms with Crippen molar-refractivity contribution in [3.63, 3.8) is 0 Å². The molecule has 0 saturated carbocycles. The van der Waals surface area contributed by atoms with Crippen molar-refractivity contribution in [3.05, 3.63) is 41.7 Å². The molecule has 19 heavy (non-hydrogen) atoms. The first-order chi connectivity index (χ1) is 9.22. The van der Waals surface area contributed by atoms with Crippen LogP contribution in [0.1, 0.15) is 11.3 Å². The smallest absolute Gasteiger partial charge is 0.109 e. The highest BCUT2D eigenvalue weighted by Crippen LogP contribution is 2.11. The Bertz CT molecular complexity index is 512. The molecule has 0 bridgehead atoms. The Kier molecular flexibility index (Phi) is 4.59. The summed E-state index contributed by atoms with van der Waals surface area (Å²) in [5.74, 6) is 0. The van der Waals surface area contributed by atoms with Crippen LogP contribution < -0.4 is 5.73 Å². The molecule has 2 aromatic rings. The Hall–Kier alpha value is -1.79. The van der Waals surface area contributed by atoms with Crippen molar-refractivity contribution in [2.45, 2.75) is 19.1 Å². The number of ether oxygens (including phenoxy) is 1. The molecule has 0 radical (unpaired) electrons. The van der Waals surface area contributed by atoms with E-state index in [-0.39, 0.29) is 0 Å². The molecule has 6 heteroatoms. The van der Waals surface area contributed by atoms with Crippen LogP contribution in [0.5, 0.6) is 0 Å². The summed E-state index contributed by atoms with van der Waals surface area (Å²) >= 11 is 0. The van der Waals surface area contributed by atoms with Gasteiger partial charge in [0.05, 0.1) is 18.5 Å². The molecule has 1 heterocycles. The van der Waals surface area contributed by atoms with Crippen molar-refractivity contribution in [2.75, 3.05) is 13.8 Å². The minimum Gasteiger partial charge on any atom is -0.378 e. The zero-order valence-corrected chi connectivity index (χ0v) is 10.8. The third-order valence-corrected chi connectivity index (χ3v) is 2.73. The van der Waals surface area contributed by atoms with Gasteiger partial charge in [0.25, 0.3) is 0 Å². The molecular formula is C13H17FN4O. The Morgan fingerprint density at radius 1 is 1.37 bits per heavy atom. The molecule has 5 nitrogen and oxygen atoms in total. The Morgan fingerprint density at radius 2 is 2.11 bits per heavy atom. The minimum absolute atomic E-state index is 0.434. The summed E-state index contributed by atoms with van der Waals surface area (Å²) in [7, 11) is 1.61. The summed E-state index contributed by atoms with van der Waals surface area (Å²) in [6.07, 6.45) is 2.34. The monoisotopic (exact) mass is 264 g/mol. The second-order valence-corrected chi connectivity index (χ2v) is 4.37. The first-order valence-electron chi connectivity index (χ1n) is 6.04. The van der Waals surface area contributed by atoms with Gasteiger partial charge in [-0.2, -0.15) is 0 Å². The third-order valence-electron chi connectivity index (χ3n) is 2.73. The second-order valence-electron chi connectivity index (χ2n) is 4.37. The average Bonchev–Trinajstić information content (AvgIpc) is 2.88. The highest BCUT2D eigenvalue weighted by Gasteiger charge is 2.05.